The number of hydrogen-bond acceptors (Lipinski definition) is 2. The molecule has 0 unspecified atom stereocenters. The van der Waals surface area contributed by atoms with Gasteiger partial charge in [0, 0.05) is 44.6 Å². The maximum absolute atomic E-state index is 3.78. The molecule has 2 nitrogen and oxygen atoms in total. The molecule has 7 aromatic carbocycles. The predicted molar refractivity (Wildman–Crippen MR) is 170 cm³/mol. The van der Waals surface area contributed by atoms with E-state index < -0.39 is 0 Å². The molecule has 2 aliphatic rings. The average molecular weight is 509 g/mol. The third-order valence-corrected chi connectivity index (χ3v) is 8.51. The molecule has 40 heavy (non-hydrogen) atoms. The Balaban J connectivity index is 1.17. The molecule has 2 heterocycles. The van der Waals surface area contributed by atoms with Crippen molar-refractivity contribution in [3.8, 4) is 44.5 Å². The topological polar surface area (TPSA) is 24.1 Å². The van der Waals surface area contributed by atoms with E-state index in [1.165, 1.54) is 66.1 Å². The highest BCUT2D eigenvalue weighted by molar-refractivity contribution is 6.22. The van der Waals surface area contributed by atoms with E-state index in [2.05, 4.69) is 144 Å². The first-order valence-corrected chi connectivity index (χ1v) is 13.8. The standard InChI is InChI=1S/C38H24N2/c1-2-6-23(7-3-1)27-12-14-29-31-16-17-32-30-15-13-28(26-11-10-24-8-4-5-9-25(24)20-26)22-36(30)40-34-19-18-33(37(31)38(32)34)39-35(29)21-27/h1-22,39-40H. The molecule has 186 valence electrons. The zero-order chi connectivity index (χ0) is 26.2. The van der Waals surface area contributed by atoms with Gasteiger partial charge in [0.05, 0.1) is 0 Å². The van der Waals surface area contributed by atoms with Crippen molar-refractivity contribution < 1.29 is 0 Å². The highest BCUT2D eigenvalue weighted by Crippen LogP contribution is 2.52. The zero-order valence-electron chi connectivity index (χ0n) is 21.7. The summed E-state index contributed by atoms with van der Waals surface area (Å²) in [5, 5.41) is 12.6. The van der Waals surface area contributed by atoms with Gasteiger partial charge in [-0.25, -0.2) is 0 Å². The minimum atomic E-state index is 1.15. The van der Waals surface area contributed by atoms with Crippen molar-refractivity contribution in [3.05, 3.63) is 133 Å². The first-order chi connectivity index (χ1) is 19.8. The lowest BCUT2D eigenvalue weighted by atomic mass is 9.84. The van der Waals surface area contributed by atoms with Crippen LogP contribution in [0, 0.1) is 0 Å². The van der Waals surface area contributed by atoms with Crippen molar-refractivity contribution >= 4 is 44.3 Å². The van der Waals surface area contributed by atoms with Crippen LogP contribution >= 0.6 is 0 Å². The summed E-state index contributed by atoms with van der Waals surface area (Å²) in [5.41, 5.74) is 14.6. The second kappa shape index (κ2) is 8.08. The number of hydrogen-bond donors (Lipinski definition) is 2. The molecule has 2 heteroatoms. The Kier molecular flexibility index (Phi) is 4.36. The fourth-order valence-corrected chi connectivity index (χ4v) is 6.57. The van der Waals surface area contributed by atoms with Gasteiger partial charge in [-0.3, -0.25) is 0 Å². The summed E-state index contributed by atoms with van der Waals surface area (Å²) >= 11 is 0. The Morgan fingerprint density at radius 2 is 0.800 bits per heavy atom. The summed E-state index contributed by atoms with van der Waals surface area (Å²) in [4.78, 5) is 0. The van der Waals surface area contributed by atoms with Gasteiger partial charge in [-0.2, -0.15) is 0 Å². The zero-order valence-corrected chi connectivity index (χ0v) is 21.7. The smallest absolute Gasteiger partial charge is 0.0472 e. The minimum absolute atomic E-state index is 1.15. The first-order valence-electron chi connectivity index (χ1n) is 13.8. The summed E-state index contributed by atoms with van der Waals surface area (Å²) in [7, 11) is 0. The fourth-order valence-electron chi connectivity index (χ4n) is 6.57. The van der Waals surface area contributed by atoms with Crippen LogP contribution in [-0.4, -0.2) is 0 Å². The first kappa shape index (κ1) is 21.6. The molecule has 2 aliphatic heterocycles. The lowest BCUT2D eigenvalue weighted by Crippen LogP contribution is -2.06. The van der Waals surface area contributed by atoms with E-state index in [4.69, 9.17) is 0 Å². The van der Waals surface area contributed by atoms with Gasteiger partial charge < -0.3 is 10.6 Å². The van der Waals surface area contributed by atoms with Crippen LogP contribution in [0.15, 0.2) is 133 Å². The van der Waals surface area contributed by atoms with Crippen molar-refractivity contribution in [2.24, 2.45) is 0 Å². The van der Waals surface area contributed by atoms with E-state index in [-0.39, 0.29) is 0 Å². The van der Waals surface area contributed by atoms with Gasteiger partial charge in [-0.1, -0.05) is 103 Å². The van der Waals surface area contributed by atoms with Gasteiger partial charge in [0.1, 0.15) is 0 Å². The highest BCUT2D eigenvalue weighted by Gasteiger charge is 2.25. The SMILES string of the molecule is c1ccc(-c2ccc3c(c2)Nc2ccc4c5c(ccc-3c25)-c2ccc(-c3ccc5ccccc5c3)cc2N4)cc1. The van der Waals surface area contributed by atoms with Crippen LogP contribution in [0.4, 0.5) is 22.7 Å². The lowest BCUT2D eigenvalue weighted by molar-refractivity contribution is 1.49. The molecule has 0 bridgehead atoms. The van der Waals surface area contributed by atoms with Crippen LogP contribution in [-0.2, 0) is 0 Å². The number of nitrogens with one attached hydrogen (secondary N) is 2. The summed E-state index contributed by atoms with van der Waals surface area (Å²) in [6.07, 6.45) is 0. The van der Waals surface area contributed by atoms with Gasteiger partial charge in [0.15, 0.2) is 0 Å². The molecule has 0 saturated heterocycles. The van der Waals surface area contributed by atoms with Gasteiger partial charge in [-0.05, 0) is 74.5 Å². The predicted octanol–water partition coefficient (Wildman–Crippen LogP) is 10.8. The molecule has 0 saturated carbocycles. The number of benzene rings is 7. The molecule has 0 aliphatic carbocycles. The van der Waals surface area contributed by atoms with Gasteiger partial charge in [-0.15, -0.1) is 0 Å². The number of fused-ring (bicyclic) bond motifs is 5. The Hall–Kier alpha value is -5.34. The molecule has 0 spiro atoms. The third-order valence-electron chi connectivity index (χ3n) is 8.51. The van der Waals surface area contributed by atoms with Crippen LogP contribution in [0.3, 0.4) is 0 Å². The molecule has 0 atom stereocenters. The fraction of sp³-hybridized carbons (Fsp3) is 0. The summed E-state index contributed by atoms with van der Waals surface area (Å²) in [6.45, 7) is 0. The molecule has 0 fully saturated rings. The largest absolute Gasteiger partial charge is 0.354 e. The second-order valence-corrected chi connectivity index (χ2v) is 10.8. The Morgan fingerprint density at radius 3 is 1.45 bits per heavy atom. The van der Waals surface area contributed by atoms with E-state index in [0.717, 1.165) is 22.7 Å². The maximum Gasteiger partial charge on any atom is 0.0472 e. The van der Waals surface area contributed by atoms with Crippen molar-refractivity contribution in [2.45, 2.75) is 0 Å². The van der Waals surface area contributed by atoms with Gasteiger partial charge in [0.25, 0.3) is 0 Å². The van der Waals surface area contributed by atoms with Crippen LogP contribution < -0.4 is 10.6 Å². The second-order valence-electron chi connectivity index (χ2n) is 10.8. The van der Waals surface area contributed by atoms with Crippen molar-refractivity contribution in [1.29, 1.82) is 0 Å². The van der Waals surface area contributed by atoms with Crippen LogP contribution in [0.2, 0.25) is 0 Å². The van der Waals surface area contributed by atoms with Crippen molar-refractivity contribution in [1.82, 2.24) is 0 Å². The lowest BCUT2D eigenvalue weighted by Gasteiger charge is -2.29. The van der Waals surface area contributed by atoms with Gasteiger partial charge in [0.2, 0.25) is 0 Å². The molecule has 0 aromatic heterocycles. The molecular formula is C38H24N2. The Bertz CT molecular complexity index is 2160. The van der Waals surface area contributed by atoms with Crippen LogP contribution in [0.25, 0.3) is 66.1 Å². The van der Waals surface area contributed by atoms with E-state index in [9.17, 15) is 0 Å². The van der Waals surface area contributed by atoms with E-state index in [0.29, 0.717) is 0 Å². The van der Waals surface area contributed by atoms with Gasteiger partial charge >= 0.3 is 0 Å². The van der Waals surface area contributed by atoms with Crippen LogP contribution in [0.1, 0.15) is 0 Å². The summed E-state index contributed by atoms with van der Waals surface area (Å²) in [5.74, 6) is 0. The molecule has 9 rings (SSSR count). The highest BCUT2D eigenvalue weighted by atomic mass is 14.9. The Morgan fingerprint density at radius 1 is 0.300 bits per heavy atom. The van der Waals surface area contributed by atoms with E-state index in [1.54, 1.807) is 0 Å². The quantitative estimate of drug-likeness (QED) is 0.243. The maximum atomic E-state index is 3.78. The summed E-state index contributed by atoms with van der Waals surface area (Å²) < 4.78 is 0. The Labute approximate surface area is 232 Å². The monoisotopic (exact) mass is 508 g/mol. The summed E-state index contributed by atoms with van der Waals surface area (Å²) in [6, 6.07) is 48.5. The van der Waals surface area contributed by atoms with Crippen molar-refractivity contribution in [2.75, 3.05) is 10.6 Å². The van der Waals surface area contributed by atoms with Crippen molar-refractivity contribution in [3.63, 3.8) is 0 Å². The number of rotatable bonds is 2. The number of anilines is 4. The molecule has 2 N–H and O–H groups in total. The average Bonchev–Trinajstić information content (AvgIpc) is 3.02. The molecule has 7 aromatic rings. The third kappa shape index (κ3) is 3.11. The molecular weight excluding hydrogens is 484 g/mol. The minimum Gasteiger partial charge on any atom is -0.354 e. The molecule has 0 radical (unpaired) electrons. The van der Waals surface area contributed by atoms with E-state index >= 15 is 0 Å². The van der Waals surface area contributed by atoms with E-state index in [1.807, 2.05) is 0 Å². The normalized spacial score (nSPS) is 12.4. The van der Waals surface area contributed by atoms with Crippen LogP contribution in [0.5, 0.6) is 0 Å². The molecule has 0 amide bonds.